The molecular formula is C20H22N4O3. The molecule has 140 valence electrons. The average molecular weight is 366 g/mol. The van der Waals surface area contributed by atoms with Crippen LogP contribution in [0.3, 0.4) is 0 Å². The van der Waals surface area contributed by atoms with Crippen molar-refractivity contribution in [3.8, 4) is 5.75 Å². The van der Waals surface area contributed by atoms with Crippen LogP contribution in [0.15, 0.2) is 41.6 Å². The Hall–Kier alpha value is -3.09. The van der Waals surface area contributed by atoms with Crippen LogP contribution in [0.2, 0.25) is 0 Å². The number of ether oxygens (including phenoxy) is 1. The zero-order chi connectivity index (χ0) is 19.0. The smallest absolute Gasteiger partial charge is 0.259 e. The van der Waals surface area contributed by atoms with Crippen molar-refractivity contribution in [1.29, 1.82) is 0 Å². The van der Waals surface area contributed by atoms with Crippen LogP contribution in [0.5, 0.6) is 5.75 Å². The number of hydrogen-bond acceptors (Lipinski definition) is 4. The predicted octanol–water partition coefficient (Wildman–Crippen LogP) is 2.29. The topological polar surface area (TPSA) is 80.2 Å². The number of methoxy groups -OCH3 is 1. The number of aromatic nitrogens is 3. The molecule has 1 aliphatic rings. The minimum Gasteiger partial charge on any atom is -0.497 e. The summed E-state index contributed by atoms with van der Waals surface area (Å²) in [4.78, 5) is 35.0. The number of likely N-dealkylation sites (tertiary alicyclic amines) is 1. The minimum absolute atomic E-state index is 0.172. The fourth-order valence-corrected chi connectivity index (χ4v) is 3.77. The highest BCUT2D eigenvalue weighted by Gasteiger charge is 2.27. The van der Waals surface area contributed by atoms with Gasteiger partial charge in [-0.3, -0.25) is 9.59 Å². The fourth-order valence-electron chi connectivity index (χ4n) is 3.77. The molecule has 0 saturated carbocycles. The summed E-state index contributed by atoms with van der Waals surface area (Å²) in [5.74, 6) is 1.76. The maximum Gasteiger partial charge on any atom is 0.259 e. The number of rotatable bonds is 3. The number of carbonyl (C=O) groups excluding carboxylic acids is 1. The van der Waals surface area contributed by atoms with E-state index in [0.29, 0.717) is 35.7 Å². The summed E-state index contributed by atoms with van der Waals surface area (Å²) in [5, 5.41) is 0.461. The lowest BCUT2D eigenvalue weighted by Gasteiger charge is -2.31. The van der Waals surface area contributed by atoms with Crippen LogP contribution in [0.4, 0.5) is 0 Å². The van der Waals surface area contributed by atoms with Crippen LogP contribution >= 0.6 is 0 Å². The molecule has 27 heavy (non-hydrogen) atoms. The lowest BCUT2D eigenvalue weighted by atomic mass is 9.95. The van der Waals surface area contributed by atoms with Crippen molar-refractivity contribution in [2.45, 2.75) is 18.8 Å². The van der Waals surface area contributed by atoms with E-state index in [9.17, 15) is 9.59 Å². The number of amides is 1. The second-order valence-corrected chi connectivity index (χ2v) is 6.91. The number of hydrogen-bond donors (Lipinski definition) is 1. The molecular weight excluding hydrogens is 344 g/mol. The molecule has 4 rings (SSSR count). The first-order valence-electron chi connectivity index (χ1n) is 9.04. The van der Waals surface area contributed by atoms with Crippen LogP contribution in [0.1, 0.15) is 34.9 Å². The molecule has 0 atom stereocenters. The molecule has 0 bridgehead atoms. The van der Waals surface area contributed by atoms with Gasteiger partial charge in [-0.1, -0.05) is 0 Å². The third kappa shape index (κ3) is 3.09. The minimum atomic E-state index is -0.265. The standard InChI is InChI=1S/C20H22N4O3/c1-23-10-7-21-19(23)13-5-8-24(9-6-13)20(26)16-12-22-17-4-3-14(27-2)11-15(17)18(16)25/h3-4,7,10-13H,5-6,8-9H2,1-2H3,(H,22,25). The van der Waals surface area contributed by atoms with Gasteiger partial charge in [0.25, 0.3) is 5.91 Å². The first kappa shape index (κ1) is 17.3. The second kappa shape index (κ2) is 6.90. The molecule has 1 saturated heterocycles. The van der Waals surface area contributed by atoms with Crippen LogP contribution < -0.4 is 10.2 Å². The molecule has 1 aliphatic heterocycles. The Morgan fingerprint density at radius 3 is 2.74 bits per heavy atom. The molecule has 1 fully saturated rings. The number of imidazole rings is 1. The highest BCUT2D eigenvalue weighted by Crippen LogP contribution is 2.27. The van der Waals surface area contributed by atoms with Gasteiger partial charge >= 0.3 is 0 Å². The molecule has 7 heteroatoms. The maximum absolute atomic E-state index is 12.9. The zero-order valence-corrected chi connectivity index (χ0v) is 15.4. The van der Waals surface area contributed by atoms with Gasteiger partial charge in [-0.25, -0.2) is 4.98 Å². The van der Waals surface area contributed by atoms with Gasteiger partial charge in [0.1, 0.15) is 17.1 Å². The Morgan fingerprint density at radius 2 is 2.07 bits per heavy atom. The number of pyridine rings is 1. The number of carbonyl (C=O) groups is 1. The SMILES string of the molecule is COc1ccc2[nH]cc(C(=O)N3CCC(c4nccn4C)CC3)c(=O)c2c1. The number of nitrogens with zero attached hydrogens (tertiary/aromatic N) is 3. The van der Waals surface area contributed by atoms with E-state index in [-0.39, 0.29) is 16.9 Å². The first-order chi connectivity index (χ1) is 13.1. The van der Waals surface area contributed by atoms with Gasteiger partial charge in [0.05, 0.1) is 7.11 Å². The lowest BCUT2D eigenvalue weighted by Crippen LogP contribution is -2.40. The van der Waals surface area contributed by atoms with Crippen molar-refractivity contribution in [3.05, 3.63) is 58.4 Å². The molecule has 1 aromatic carbocycles. The van der Waals surface area contributed by atoms with Gasteiger partial charge in [-0.05, 0) is 31.0 Å². The zero-order valence-electron chi connectivity index (χ0n) is 15.4. The highest BCUT2D eigenvalue weighted by molar-refractivity contribution is 5.97. The molecule has 3 heterocycles. The summed E-state index contributed by atoms with van der Waals surface area (Å²) < 4.78 is 7.23. The van der Waals surface area contributed by atoms with E-state index in [1.807, 2.05) is 17.8 Å². The Balaban J connectivity index is 1.56. The number of H-pyrrole nitrogens is 1. The number of nitrogens with one attached hydrogen (secondary N) is 1. The highest BCUT2D eigenvalue weighted by atomic mass is 16.5. The molecule has 1 N–H and O–H groups in total. The Bertz CT molecular complexity index is 1040. The van der Waals surface area contributed by atoms with Gasteiger partial charge in [-0.15, -0.1) is 0 Å². The van der Waals surface area contributed by atoms with E-state index in [1.165, 1.54) is 6.20 Å². The lowest BCUT2D eigenvalue weighted by molar-refractivity contribution is 0.0709. The summed E-state index contributed by atoms with van der Waals surface area (Å²) >= 11 is 0. The normalized spacial score (nSPS) is 15.3. The van der Waals surface area contributed by atoms with Crippen LogP contribution in [0, 0.1) is 0 Å². The summed E-state index contributed by atoms with van der Waals surface area (Å²) in [7, 11) is 3.54. The van der Waals surface area contributed by atoms with Crippen LogP contribution in [0.25, 0.3) is 10.9 Å². The monoisotopic (exact) mass is 366 g/mol. The van der Waals surface area contributed by atoms with Gasteiger partial charge in [-0.2, -0.15) is 0 Å². The summed E-state index contributed by atoms with van der Waals surface area (Å²) in [6.45, 7) is 1.23. The number of piperidine rings is 1. The van der Waals surface area contributed by atoms with Crippen molar-refractivity contribution in [2.24, 2.45) is 7.05 Å². The molecule has 3 aromatic rings. The maximum atomic E-state index is 12.9. The first-order valence-corrected chi connectivity index (χ1v) is 9.04. The van der Waals surface area contributed by atoms with E-state index in [4.69, 9.17) is 4.74 Å². The summed E-state index contributed by atoms with van der Waals surface area (Å²) in [5.41, 5.74) is 0.593. The third-order valence-electron chi connectivity index (χ3n) is 5.32. The van der Waals surface area contributed by atoms with Gasteiger partial charge in [0, 0.05) is 55.5 Å². The fraction of sp³-hybridized carbons (Fsp3) is 0.350. The number of benzene rings is 1. The van der Waals surface area contributed by atoms with Gasteiger partial charge in [0.15, 0.2) is 0 Å². The second-order valence-electron chi connectivity index (χ2n) is 6.91. The van der Waals surface area contributed by atoms with E-state index < -0.39 is 0 Å². The molecule has 0 unspecified atom stereocenters. The van der Waals surface area contributed by atoms with E-state index in [0.717, 1.165) is 18.7 Å². The number of aromatic amines is 1. The van der Waals surface area contributed by atoms with Crippen LogP contribution in [-0.4, -0.2) is 45.5 Å². The molecule has 2 aromatic heterocycles. The van der Waals surface area contributed by atoms with Crippen molar-refractivity contribution in [3.63, 3.8) is 0 Å². The Labute approximate surface area is 156 Å². The molecule has 0 radical (unpaired) electrons. The van der Waals surface area contributed by atoms with Gasteiger partial charge in [0.2, 0.25) is 5.43 Å². The summed E-state index contributed by atoms with van der Waals surface area (Å²) in [6, 6.07) is 5.22. The number of aryl methyl sites for hydroxylation is 1. The molecule has 0 aliphatic carbocycles. The van der Waals surface area contributed by atoms with Crippen LogP contribution in [-0.2, 0) is 7.05 Å². The Morgan fingerprint density at radius 1 is 1.30 bits per heavy atom. The molecule has 0 spiro atoms. The predicted molar refractivity (Wildman–Crippen MR) is 102 cm³/mol. The molecule has 1 amide bonds. The quantitative estimate of drug-likeness (QED) is 0.771. The average Bonchev–Trinajstić information content (AvgIpc) is 3.13. The number of fused-ring (bicyclic) bond motifs is 1. The third-order valence-corrected chi connectivity index (χ3v) is 5.32. The van der Waals surface area contributed by atoms with E-state index in [2.05, 4.69) is 9.97 Å². The van der Waals surface area contributed by atoms with E-state index in [1.54, 1.807) is 36.4 Å². The van der Waals surface area contributed by atoms with Crippen molar-refractivity contribution in [1.82, 2.24) is 19.4 Å². The molecule has 7 nitrogen and oxygen atoms in total. The van der Waals surface area contributed by atoms with E-state index >= 15 is 0 Å². The van der Waals surface area contributed by atoms with Crippen molar-refractivity contribution >= 4 is 16.8 Å². The Kier molecular flexibility index (Phi) is 4.43. The largest absolute Gasteiger partial charge is 0.497 e. The van der Waals surface area contributed by atoms with Gasteiger partial charge < -0.3 is 19.2 Å². The summed E-state index contributed by atoms with van der Waals surface area (Å²) in [6.07, 6.45) is 6.95. The van der Waals surface area contributed by atoms with Crippen molar-refractivity contribution < 1.29 is 9.53 Å². The van der Waals surface area contributed by atoms with Crippen molar-refractivity contribution in [2.75, 3.05) is 20.2 Å².